The third-order valence-corrected chi connectivity index (χ3v) is 7.29. The highest BCUT2D eigenvalue weighted by atomic mass is 35.5. The Labute approximate surface area is 212 Å². The average Bonchev–Trinajstić information content (AvgIpc) is 3.36. The maximum absolute atomic E-state index is 14.8. The molecule has 2 aliphatic rings. The molecule has 0 spiro atoms. The summed E-state index contributed by atoms with van der Waals surface area (Å²) in [7, 11) is 0. The molecule has 1 N–H and O–H groups in total. The van der Waals surface area contributed by atoms with Crippen LogP contribution in [-0.2, 0) is 16.1 Å². The zero-order valence-electron chi connectivity index (χ0n) is 20.0. The van der Waals surface area contributed by atoms with E-state index in [1.807, 2.05) is 18.2 Å². The molecule has 0 bridgehead atoms. The largest absolute Gasteiger partial charge is 0.348 e. The number of nitrogens with zero attached hydrogens (tertiary/aromatic N) is 3. The highest BCUT2D eigenvalue weighted by molar-refractivity contribution is 6.30. The summed E-state index contributed by atoms with van der Waals surface area (Å²) in [6.07, 6.45) is 1.41. The number of halogens is 2. The van der Waals surface area contributed by atoms with Crippen molar-refractivity contribution >= 4 is 45.7 Å². The number of allylic oxidation sites excluding steroid dienone is 1. The Morgan fingerprint density at radius 2 is 1.89 bits per heavy atom. The number of piperidine rings is 1. The number of Topliss-reactive ketones (excluding diaryl/α,β-unsaturated/α-hetero) is 1. The van der Waals surface area contributed by atoms with Crippen molar-refractivity contribution in [1.82, 2.24) is 20.0 Å². The van der Waals surface area contributed by atoms with Crippen LogP contribution in [0.3, 0.4) is 0 Å². The quantitative estimate of drug-likeness (QED) is 0.479. The molecule has 1 aliphatic heterocycles. The van der Waals surface area contributed by atoms with Gasteiger partial charge in [-0.1, -0.05) is 41.9 Å². The van der Waals surface area contributed by atoms with Gasteiger partial charge < -0.3 is 10.2 Å². The van der Waals surface area contributed by atoms with Crippen LogP contribution in [0.5, 0.6) is 0 Å². The van der Waals surface area contributed by atoms with Crippen LogP contribution >= 0.6 is 11.6 Å². The summed E-state index contributed by atoms with van der Waals surface area (Å²) in [6.45, 7) is 2.73. The number of benzene rings is 2. The van der Waals surface area contributed by atoms with Gasteiger partial charge in [-0.15, -0.1) is 0 Å². The van der Waals surface area contributed by atoms with Crippen LogP contribution in [0.25, 0.3) is 16.5 Å². The maximum Gasteiger partial charge on any atom is 0.245 e. The summed E-state index contributed by atoms with van der Waals surface area (Å²) in [5.41, 5.74) is 2.04. The highest BCUT2D eigenvalue weighted by Crippen LogP contribution is 2.48. The van der Waals surface area contributed by atoms with E-state index < -0.39 is 11.9 Å². The van der Waals surface area contributed by atoms with Gasteiger partial charge in [-0.25, -0.2) is 4.39 Å². The molecule has 1 saturated heterocycles. The SMILES string of the molecule is CC(=O)c1nn(CC(=O)N2C(C(=O)NCC(F)=C(C)c3cccc(Cl)c3)C[C@H]3C[C@@H]32)c2ccccc12. The lowest BCUT2D eigenvalue weighted by Gasteiger charge is -2.27. The van der Waals surface area contributed by atoms with Crippen molar-refractivity contribution in [2.45, 2.75) is 45.3 Å². The van der Waals surface area contributed by atoms with Crippen LogP contribution in [0.2, 0.25) is 5.02 Å². The standard InChI is InChI=1S/C27H26ClFN4O3/c1-15(17-6-5-7-19(28)10-17)21(29)13-30-27(36)24-12-18-11-23(18)33(24)25(35)14-32-22-9-4-3-8-20(22)26(31-32)16(2)34/h3-10,18,23-24H,11-14H2,1-2H3,(H,30,36)/t18-,23+,24?/m1/s1. The number of carbonyl (C=O) groups is 3. The number of hydrogen-bond donors (Lipinski definition) is 1. The Balaban J connectivity index is 1.30. The topological polar surface area (TPSA) is 84.3 Å². The van der Waals surface area contributed by atoms with Crippen LogP contribution in [-0.4, -0.2) is 50.9 Å². The lowest BCUT2D eigenvalue weighted by atomic mass is 10.1. The molecule has 3 atom stereocenters. The van der Waals surface area contributed by atoms with Gasteiger partial charge in [-0.3, -0.25) is 19.1 Å². The third kappa shape index (κ3) is 4.53. The van der Waals surface area contributed by atoms with Crippen molar-refractivity contribution in [1.29, 1.82) is 0 Å². The Morgan fingerprint density at radius 1 is 1.11 bits per heavy atom. The zero-order valence-corrected chi connectivity index (χ0v) is 20.8. The minimum atomic E-state index is -0.658. The number of ketones is 1. The summed E-state index contributed by atoms with van der Waals surface area (Å²) >= 11 is 6.00. The van der Waals surface area contributed by atoms with Crippen molar-refractivity contribution in [3.63, 3.8) is 0 Å². The van der Waals surface area contributed by atoms with Gasteiger partial charge in [0, 0.05) is 23.4 Å². The van der Waals surface area contributed by atoms with Gasteiger partial charge in [0.1, 0.15) is 24.1 Å². The molecule has 1 aromatic heterocycles. The molecular weight excluding hydrogens is 483 g/mol. The van der Waals surface area contributed by atoms with Crippen molar-refractivity contribution in [3.05, 3.63) is 70.6 Å². The van der Waals surface area contributed by atoms with Crippen LogP contribution in [0.4, 0.5) is 4.39 Å². The predicted octanol–water partition coefficient (Wildman–Crippen LogP) is 4.40. The van der Waals surface area contributed by atoms with Gasteiger partial charge >= 0.3 is 0 Å². The maximum atomic E-state index is 14.8. The summed E-state index contributed by atoms with van der Waals surface area (Å²) in [6, 6.07) is 13.5. The highest BCUT2D eigenvalue weighted by Gasteiger charge is 2.56. The molecule has 2 heterocycles. The third-order valence-electron chi connectivity index (χ3n) is 7.05. The normalized spacial score (nSPS) is 21.2. The Morgan fingerprint density at radius 3 is 2.64 bits per heavy atom. The molecule has 1 saturated carbocycles. The molecule has 2 amide bonds. The molecule has 1 unspecified atom stereocenters. The van der Waals surface area contributed by atoms with E-state index in [4.69, 9.17) is 11.6 Å². The van der Waals surface area contributed by atoms with E-state index in [1.165, 1.54) is 11.6 Å². The molecule has 2 fully saturated rings. The van der Waals surface area contributed by atoms with E-state index in [1.54, 1.807) is 42.2 Å². The average molecular weight is 509 g/mol. The molecule has 5 rings (SSSR count). The first-order valence-electron chi connectivity index (χ1n) is 11.9. The fourth-order valence-corrected chi connectivity index (χ4v) is 5.25. The smallest absolute Gasteiger partial charge is 0.245 e. The van der Waals surface area contributed by atoms with E-state index in [0.29, 0.717) is 39.2 Å². The van der Waals surface area contributed by atoms with Crippen LogP contribution in [0, 0.1) is 5.92 Å². The monoisotopic (exact) mass is 508 g/mol. The Hall–Kier alpha value is -3.52. The van der Waals surface area contributed by atoms with Gasteiger partial charge in [0.15, 0.2) is 5.78 Å². The minimum absolute atomic E-state index is 0.0101. The fraction of sp³-hybridized carbons (Fsp3) is 0.333. The first kappa shape index (κ1) is 24.2. The lowest BCUT2D eigenvalue weighted by molar-refractivity contribution is -0.140. The molecule has 1 aliphatic carbocycles. The molecule has 0 radical (unpaired) electrons. The number of hydrogen-bond acceptors (Lipinski definition) is 4. The van der Waals surface area contributed by atoms with E-state index >= 15 is 0 Å². The van der Waals surface area contributed by atoms with Crippen LogP contribution in [0.1, 0.15) is 42.7 Å². The van der Waals surface area contributed by atoms with E-state index in [2.05, 4.69) is 10.4 Å². The fourth-order valence-electron chi connectivity index (χ4n) is 5.06. The number of nitrogens with one attached hydrogen (secondary N) is 1. The van der Waals surface area contributed by atoms with Gasteiger partial charge in [0.25, 0.3) is 0 Å². The number of para-hydroxylation sites is 1. The number of amides is 2. The number of fused-ring (bicyclic) bond motifs is 2. The first-order chi connectivity index (χ1) is 17.2. The Kier molecular flexibility index (Phi) is 6.38. The summed E-state index contributed by atoms with van der Waals surface area (Å²) in [4.78, 5) is 40.0. The summed E-state index contributed by atoms with van der Waals surface area (Å²) in [5, 5.41) is 8.23. The van der Waals surface area contributed by atoms with E-state index in [0.717, 1.165) is 6.42 Å². The molecule has 3 aromatic rings. The summed E-state index contributed by atoms with van der Waals surface area (Å²) < 4.78 is 16.3. The van der Waals surface area contributed by atoms with E-state index in [9.17, 15) is 18.8 Å². The molecule has 2 aromatic carbocycles. The number of aromatic nitrogens is 2. The lowest BCUT2D eigenvalue weighted by Crippen LogP contribution is -2.49. The van der Waals surface area contributed by atoms with Crippen LogP contribution in [0.15, 0.2) is 54.4 Å². The Bertz CT molecular complexity index is 1420. The van der Waals surface area contributed by atoms with Crippen molar-refractivity contribution in [3.8, 4) is 0 Å². The number of rotatable bonds is 7. The van der Waals surface area contributed by atoms with Crippen molar-refractivity contribution in [2.75, 3.05) is 6.54 Å². The number of carbonyl (C=O) groups excluding carboxylic acids is 3. The van der Waals surface area contributed by atoms with E-state index in [-0.39, 0.29) is 42.6 Å². The van der Waals surface area contributed by atoms with Crippen LogP contribution < -0.4 is 5.32 Å². The molecule has 9 heteroatoms. The van der Waals surface area contributed by atoms with Gasteiger partial charge in [0.05, 0.1) is 12.1 Å². The summed E-state index contributed by atoms with van der Waals surface area (Å²) in [5.74, 6) is -0.984. The van der Waals surface area contributed by atoms with Gasteiger partial charge in [-0.05, 0) is 55.0 Å². The number of likely N-dealkylation sites (tertiary alicyclic amines) is 1. The second kappa shape index (κ2) is 9.50. The van der Waals surface area contributed by atoms with Crippen molar-refractivity contribution in [2.24, 2.45) is 5.92 Å². The molecular formula is C27H26ClFN4O3. The molecule has 186 valence electrons. The minimum Gasteiger partial charge on any atom is -0.348 e. The van der Waals surface area contributed by atoms with Gasteiger partial charge in [0.2, 0.25) is 11.8 Å². The second-order valence-corrected chi connectivity index (χ2v) is 9.89. The van der Waals surface area contributed by atoms with Crippen molar-refractivity contribution < 1.29 is 18.8 Å². The molecule has 7 nitrogen and oxygen atoms in total. The predicted molar refractivity (Wildman–Crippen MR) is 135 cm³/mol. The van der Waals surface area contributed by atoms with Gasteiger partial charge in [-0.2, -0.15) is 5.10 Å². The zero-order chi connectivity index (χ0) is 25.6. The first-order valence-corrected chi connectivity index (χ1v) is 12.3. The molecule has 36 heavy (non-hydrogen) atoms. The second-order valence-electron chi connectivity index (χ2n) is 9.45.